The summed E-state index contributed by atoms with van der Waals surface area (Å²) in [5.74, 6) is 0.720. The molecule has 30 heavy (non-hydrogen) atoms. The fourth-order valence-electron chi connectivity index (χ4n) is 5.05. The SMILES string of the molecule is CC(C=Cc1ccccc1)(c1ccccc1C1CCCCC1)N1CCNCC1.Cl.Cl. The first kappa shape index (κ1) is 24.9. The van der Waals surface area contributed by atoms with E-state index in [2.05, 4.69) is 83.9 Å². The van der Waals surface area contributed by atoms with Crippen molar-refractivity contribution in [2.24, 2.45) is 0 Å². The average Bonchev–Trinajstić information content (AvgIpc) is 2.79. The minimum atomic E-state index is -0.0774. The van der Waals surface area contributed by atoms with Crippen molar-refractivity contribution in [2.75, 3.05) is 26.2 Å². The van der Waals surface area contributed by atoms with Gasteiger partial charge in [0.15, 0.2) is 0 Å². The van der Waals surface area contributed by atoms with E-state index in [1.807, 2.05) is 0 Å². The first-order valence-electron chi connectivity index (χ1n) is 11.1. The number of hydrogen-bond acceptors (Lipinski definition) is 2. The van der Waals surface area contributed by atoms with Gasteiger partial charge in [0.05, 0.1) is 5.54 Å². The van der Waals surface area contributed by atoms with Crippen LogP contribution in [0.3, 0.4) is 0 Å². The number of nitrogens with one attached hydrogen (secondary N) is 1. The number of piperazine rings is 1. The molecule has 2 fully saturated rings. The molecule has 1 unspecified atom stereocenters. The summed E-state index contributed by atoms with van der Waals surface area (Å²) in [6.07, 6.45) is 11.6. The summed E-state index contributed by atoms with van der Waals surface area (Å²) in [6, 6.07) is 20.0. The number of hydrogen-bond donors (Lipinski definition) is 1. The quantitative estimate of drug-likeness (QED) is 0.570. The normalized spacial score (nSPS) is 20.2. The minimum Gasteiger partial charge on any atom is -0.314 e. The molecule has 1 saturated carbocycles. The van der Waals surface area contributed by atoms with Crippen molar-refractivity contribution in [3.63, 3.8) is 0 Å². The van der Waals surface area contributed by atoms with Gasteiger partial charge in [-0.3, -0.25) is 4.90 Å². The Hall–Kier alpha value is -1.32. The molecule has 1 atom stereocenters. The van der Waals surface area contributed by atoms with Crippen molar-refractivity contribution in [3.8, 4) is 0 Å². The zero-order valence-electron chi connectivity index (χ0n) is 18.1. The standard InChI is InChI=1S/C26H34N2.2ClH/c1-26(28-20-18-27-19-21-28,17-16-22-10-4-2-5-11-22)25-15-9-8-14-24(25)23-12-6-3-7-13-23;;/h2,4-5,8-11,14-17,23,27H,3,6-7,12-13,18-21H2,1H3;2*1H. The maximum absolute atomic E-state index is 3.52. The van der Waals surface area contributed by atoms with Crippen molar-refractivity contribution < 1.29 is 0 Å². The van der Waals surface area contributed by atoms with Crippen LogP contribution in [0.5, 0.6) is 0 Å². The molecule has 164 valence electrons. The summed E-state index contributed by atoms with van der Waals surface area (Å²) in [6.45, 7) is 6.75. The largest absolute Gasteiger partial charge is 0.314 e. The molecular formula is C26H36Cl2N2. The van der Waals surface area contributed by atoms with Gasteiger partial charge in [-0.05, 0) is 42.4 Å². The lowest BCUT2D eigenvalue weighted by atomic mass is 9.76. The van der Waals surface area contributed by atoms with Gasteiger partial charge in [-0.25, -0.2) is 0 Å². The van der Waals surface area contributed by atoms with Gasteiger partial charge in [0.2, 0.25) is 0 Å². The zero-order valence-corrected chi connectivity index (χ0v) is 19.7. The Morgan fingerprint density at radius 2 is 1.50 bits per heavy atom. The summed E-state index contributed by atoms with van der Waals surface area (Å²) < 4.78 is 0. The second-order valence-electron chi connectivity index (χ2n) is 8.55. The summed E-state index contributed by atoms with van der Waals surface area (Å²) in [5.41, 5.74) is 4.29. The zero-order chi connectivity index (χ0) is 19.2. The molecule has 4 rings (SSSR count). The predicted molar refractivity (Wildman–Crippen MR) is 134 cm³/mol. The van der Waals surface area contributed by atoms with Crippen molar-refractivity contribution in [3.05, 3.63) is 77.4 Å². The predicted octanol–water partition coefficient (Wildman–Crippen LogP) is 6.41. The monoisotopic (exact) mass is 446 g/mol. The van der Waals surface area contributed by atoms with Crippen molar-refractivity contribution in [2.45, 2.75) is 50.5 Å². The molecule has 4 heteroatoms. The molecule has 1 aliphatic carbocycles. The van der Waals surface area contributed by atoms with E-state index in [0.29, 0.717) is 0 Å². The van der Waals surface area contributed by atoms with E-state index in [1.165, 1.54) is 43.2 Å². The van der Waals surface area contributed by atoms with E-state index in [4.69, 9.17) is 0 Å². The van der Waals surface area contributed by atoms with Crippen molar-refractivity contribution in [1.29, 1.82) is 0 Å². The van der Waals surface area contributed by atoms with Gasteiger partial charge in [0.1, 0.15) is 0 Å². The molecule has 0 spiro atoms. The number of rotatable bonds is 5. The number of benzene rings is 2. The highest BCUT2D eigenvalue weighted by atomic mass is 35.5. The van der Waals surface area contributed by atoms with Gasteiger partial charge in [0, 0.05) is 26.2 Å². The van der Waals surface area contributed by atoms with Gasteiger partial charge >= 0.3 is 0 Å². The van der Waals surface area contributed by atoms with Crippen LogP contribution in [0.2, 0.25) is 0 Å². The molecule has 0 radical (unpaired) electrons. The van der Waals surface area contributed by atoms with Gasteiger partial charge in [-0.15, -0.1) is 24.8 Å². The van der Waals surface area contributed by atoms with Gasteiger partial charge in [-0.1, -0.05) is 86.0 Å². The summed E-state index contributed by atoms with van der Waals surface area (Å²) in [7, 11) is 0. The van der Waals surface area contributed by atoms with Gasteiger partial charge < -0.3 is 5.32 Å². The fourth-order valence-corrected chi connectivity index (χ4v) is 5.05. The molecular weight excluding hydrogens is 411 g/mol. The third-order valence-electron chi connectivity index (χ3n) is 6.72. The van der Waals surface area contributed by atoms with Crippen molar-refractivity contribution >= 4 is 30.9 Å². The van der Waals surface area contributed by atoms with E-state index in [0.717, 1.165) is 32.1 Å². The van der Waals surface area contributed by atoms with Crippen LogP contribution in [-0.2, 0) is 5.54 Å². The van der Waals surface area contributed by atoms with E-state index in [-0.39, 0.29) is 30.4 Å². The van der Waals surface area contributed by atoms with E-state index in [9.17, 15) is 0 Å². The topological polar surface area (TPSA) is 15.3 Å². The smallest absolute Gasteiger partial charge is 0.0623 e. The Morgan fingerprint density at radius 3 is 2.20 bits per heavy atom. The average molecular weight is 447 g/mol. The maximum Gasteiger partial charge on any atom is 0.0623 e. The van der Waals surface area contributed by atoms with Crippen LogP contribution in [-0.4, -0.2) is 31.1 Å². The van der Waals surface area contributed by atoms with E-state index in [1.54, 1.807) is 5.56 Å². The van der Waals surface area contributed by atoms with Crippen LogP contribution in [0.25, 0.3) is 6.08 Å². The van der Waals surface area contributed by atoms with E-state index < -0.39 is 0 Å². The molecule has 2 aromatic rings. The Labute approximate surface area is 195 Å². The Morgan fingerprint density at radius 1 is 0.867 bits per heavy atom. The van der Waals surface area contributed by atoms with Crippen LogP contribution >= 0.6 is 24.8 Å². The third kappa shape index (κ3) is 5.68. The molecule has 2 nitrogen and oxygen atoms in total. The number of nitrogens with zero attached hydrogens (tertiary/aromatic N) is 1. The van der Waals surface area contributed by atoms with Gasteiger partial charge in [0.25, 0.3) is 0 Å². The molecule has 1 heterocycles. The van der Waals surface area contributed by atoms with Crippen LogP contribution in [0.15, 0.2) is 60.7 Å². The second kappa shape index (κ2) is 11.9. The van der Waals surface area contributed by atoms with Gasteiger partial charge in [-0.2, -0.15) is 0 Å². The molecule has 2 aromatic carbocycles. The number of halogens is 2. The Bertz CT molecular complexity index is 781. The molecule has 0 aromatic heterocycles. The Kier molecular flexibility index (Phi) is 9.90. The minimum absolute atomic E-state index is 0. The summed E-state index contributed by atoms with van der Waals surface area (Å²) in [4.78, 5) is 2.67. The maximum atomic E-state index is 3.52. The van der Waals surface area contributed by atoms with Crippen LogP contribution in [0.1, 0.15) is 61.6 Å². The highest BCUT2D eigenvalue weighted by molar-refractivity contribution is 5.85. The van der Waals surface area contributed by atoms with E-state index >= 15 is 0 Å². The van der Waals surface area contributed by atoms with Crippen molar-refractivity contribution in [1.82, 2.24) is 10.2 Å². The molecule has 1 N–H and O–H groups in total. The lowest BCUT2D eigenvalue weighted by molar-refractivity contribution is 0.126. The molecule has 1 aliphatic heterocycles. The molecule has 1 saturated heterocycles. The first-order chi connectivity index (χ1) is 13.8. The molecule has 0 bridgehead atoms. The lowest BCUT2D eigenvalue weighted by Crippen LogP contribution is -2.52. The second-order valence-corrected chi connectivity index (χ2v) is 8.55. The van der Waals surface area contributed by atoms with Crippen LogP contribution in [0, 0.1) is 0 Å². The summed E-state index contributed by atoms with van der Waals surface area (Å²) >= 11 is 0. The first-order valence-corrected chi connectivity index (χ1v) is 11.1. The summed E-state index contributed by atoms with van der Waals surface area (Å²) in [5, 5.41) is 3.52. The fraction of sp³-hybridized carbons (Fsp3) is 0.462. The third-order valence-corrected chi connectivity index (χ3v) is 6.72. The molecule has 0 amide bonds. The Balaban J connectivity index is 0.00000160. The van der Waals surface area contributed by atoms with Crippen LogP contribution in [0.4, 0.5) is 0 Å². The highest BCUT2D eigenvalue weighted by Crippen LogP contribution is 2.41. The highest BCUT2D eigenvalue weighted by Gasteiger charge is 2.35. The molecule has 2 aliphatic rings. The van der Waals surface area contributed by atoms with Crippen LogP contribution < -0.4 is 5.32 Å². The lowest BCUT2D eigenvalue weighted by Gasteiger charge is -2.44.